The molecular weight excluding hydrogens is 337 g/mol. The van der Waals surface area contributed by atoms with Gasteiger partial charge in [-0.25, -0.2) is 4.98 Å². The van der Waals surface area contributed by atoms with E-state index in [1.807, 2.05) is 6.07 Å². The minimum absolute atomic E-state index is 0.320. The average molecular weight is 349 g/mol. The van der Waals surface area contributed by atoms with Crippen LogP contribution in [0.15, 0.2) is 30.5 Å². The van der Waals surface area contributed by atoms with E-state index in [0.29, 0.717) is 17.5 Å². The number of hydrogen-bond acceptors (Lipinski definition) is 5. The molecule has 0 atom stereocenters. The van der Waals surface area contributed by atoms with E-state index in [1.54, 1.807) is 24.0 Å². The minimum atomic E-state index is -4.47. The predicted octanol–water partition coefficient (Wildman–Crippen LogP) is 3.89. The van der Waals surface area contributed by atoms with Crippen molar-refractivity contribution in [2.45, 2.75) is 11.9 Å². The molecule has 1 N–H and O–H groups in total. The third kappa shape index (κ3) is 5.34. The molecule has 0 fully saturated rings. The van der Waals surface area contributed by atoms with Gasteiger partial charge in [-0.3, -0.25) is 0 Å². The van der Waals surface area contributed by atoms with E-state index in [4.69, 9.17) is 11.6 Å². The van der Waals surface area contributed by atoms with Crippen molar-refractivity contribution in [2.75, 3.05) is 17.6 Å². The monoisotopic (exact) mass is 348 g/mol. The van der Waals surface area contributed by atoms with E-state index < -0.39 is 11.9 Å². The zero-order valence-electron chi connectivity index (χ0n) is 11.3. The molecule has 0 saturated heterocycles. The van der Waals surface area contributed by atoms with Gasteiger partial charge in [0.1, 0.15) is 11.0 Å². The van der Waals surface area contributed by atoms with E-state index in [2.05, 4.69) is 20.5 Å². The maximum absolute atomic E-state index is 12.3. The van der Waals surface area contributed by atoms with Crippen molar-refractivity contribution in [1.82, 2.24) is 15.2 Å². The van der Waals surface area contributed by atoms with Crippen LogP contribution in [0.3, 0.4) is 0 Å². The van der Waals surface area contributed by atoms with Gasteiger partial charge >= 0.3 is 6.18 Å². The Morgan fingerprint density at radius 3 is 2.64 bits per heavy atom. The van der Waals surface area contributed by atoms with Crippen LogP contribution in [0.2, 0.25) is 5.15 Å². The molecule has 0 unspecified atom stereocenters. The Labute approximate surface area is 134 Å². The first kappa shape index (κ1) is 16.8. The SMILES string of the molecule is FC(F)(F)c1ccc(NCCSCc2ccnc(Cl)c2)nn1. The van der Waals surface area contributed by atoms with E-state index in [0.717, 1.165) is 23.1 Å². The second-order valence-corrected chi connectivity index (χ2v) is 5.76. The molecular formula is C13H12ClF3N4S. The van der Waals surface area contributed by atoms with E-state index >= 15 is 0 Å². The maximum Gasteiger partial charge on any atom is 0.435 e. The highest BCUT2D eigenvalue weighted by atomic mass is 35.5. The molecule has 0 aliphatic rings. The summed E-state index contributed by atoms with van der Waals surface area (Å²) in [5.74, 6) is 1.87. The zero-order valence-corrected chi connectivity index (χ0v) is 12.8. The van der Waals surface area contributed by atoms with Gasteiger partial charge in [0.25, 0.3) is 0 Å². The molecule has 118 valence electrons. The standard InChI is InChI=1S/C13H12ClF3N4S/c14-11-7-9(3-4-18-11)8-22-6-5-19-12-2-1-10(20-21-12)13(15,16)17/h1-4,7H,5-6,8H2,(H,19,21). The molecule has 4 nitrogen and oxygen atoms in total. The van der Waals surface area contributed by atoms with Crippen molar-refractivity contribution in [3.8, 4) is 0 Å². The highest BCUT2D eigenvalue weighted by Crippen LogP contribution is 2.27. The first-order valence-electron chi connectivity index (χ1n) is 6.28. The molecule has 22 heavy (non-hydrogen) atoms. The number of thioether (sulfide) groups is 1. The second-order valence-electron chi connectivity index (χ2n) is 4.27. The number of anilines is 1. The summed E-state index contributed by atoms with van der Waals surface area (Å²) >= 11 is 7.45. The van der Waals surface area contributed by atoms with Crippen LogP contribution < -0.4 is 5.32 Å². The number of rotatable bonds is 6. The molecule has 0 aliphatic carbocycles. The lowest BCUT2D eigenvalue weighted by molar-refractivity contribution is -0.141. The molecule has 0 bridgehead atoms. The quantitative estimate of drug-likeness (QED) is 0.634. The number of aromatic nitrogens is 3. The van der Waals surface area contributed by atoms with E-state index in [-0.39, 0.29) is 0 Å². The summed E-state index contributed by atoms with van der Waals surface area (Å²) < 4.78 is 37.0. The van der Waals surface area contributed by atoms with Crippen molar-refractivity contribution in [3.05, 3.63) is 46.9 Å². The molecule has 0 radical (unpaired) electrons. The van der Waals surface area contributed by atoms with Gasteiger partial charge in [-0.1, -0.05) is 11.6 Å². The Bertz CT molecular complexity index is 607. The Morgan fingerprint density at radius 1 is 1.18 bits per heavy atom. The molecule has 2 heterocycles. The summed E-state index contributed by atoms with van der Waals surface area (Å²) in [7, 11) is 0. The average Bonchev–Trinajstić information content (AvgIpc) is 2.46. The van der Waals surface area contributed by atoms with Crippen LogP contribution in [-0.4, -0.2) is 27.5 Å². The molecule has 0 amide bonds. The Kier molecular flexibility index (Phi) is 5.84. The van der Waals surface area contributed by atoms with Gasteiger partial charge in [-0.2, -0.15) is 24.9 Å². The Balaban J connectivity index is 1.70. The summed E-state index contributed by atoms with van der Waals surface area (Å²) in [4.78, 5) is 3.90. The smallest absolute Gasteiger partial charge is 0.368 e. The second kappa shape index (κ2) is 7.64. The van der Waals surface area contributed by atoms with Crippen LogP contribution in [-0.2, 0) is 11.9 Å². The van der Waals surface area contributed by atoms with Gasteiger partial charge in [0, 0.05) is 24.2 Å². The molecule has 9 heteroatoms. The van der Waals surface area contributed by atoms with Crippen LogP contribution >= 0.6 is 23.4 Å². The van der Waals surface area contributed by atoms with Gasteiger partial charge in [-0.15, -0.1) is 10.2 Å². The highest BCUT2D eigenvalue weighted by molar-refractivity contribution is 7.98. The Hall–Kier alpha value is -1.54. The van der Waals surface area contributed by atoms with Crippen LogP contribution in [0.25, 0.3) is 0 Å². The summed E-state index contributed by atoms with van der Waals surface area (Å²) in [6.45, 7) is 0.573. The highest BCUT2D eigenvalue weighted by Gasteiger charge is 2.32. The van der Waals surface area contributed by atoms with E-state index in [9.17, 15) is 13.2 Å². The van der Waals surface area contributed by atoms with Crippen molar-refractivity contribution in [1.29, 1.82) is 0 Å². The summed E-state index contributed by atoms with van der Waals surface area (Å²) in [6.07, 6.45) is -2.82. The van der Waals surface area contributed by atoms with Gasteiger partial charge in [0.05, 0.1) is 0 Å². The van der Waals surface area contributed by atoms with Crippen LogP contribution in [0, 0.1) is 0 Å². The lowest BCUT2D eigenvalue weighted by atomic mass is 10.3. The fourth-order valence-corrected chi connectivity index (χ4v) is 2.55. The zero-order chi connectivity index (χ0) is 16.0. The molecule has 2 aromatic heterocycles. The fraction of sp³-hybridized carbons (Fsp3) is 0.308. The lowest BCUT2D eigenvalue weighted by Crippen LogP contribution is -2.11. The summed E-state index contributed by atoms with van der Waals surface area (Å²) in [5.41, 5.74) is 0.0707. The van der Waals surface area contributed by atoms with Crippen molar-refractivity contribution in [2.24, 2.45) is 0 Å². The lowest BCUT2D eigenvalue weighted by Gasteiger charge is -2.07. The third-order valence-electron chi connectivity index (χ3n) is 2.57. The molecule has 0 aliphatic heterocycles. The number of pyridine rings is 1. The molecule has 2 rings (SSSR count). The first-order chi connectivity index (χ1) is 10.4. The topological polar surface area (TPSA) is 50.7 Å². The fourth-order valence-electron chi connectivity index (χ4n) is 1.55. The molecule has 2 aromatic rings. The Morgan fingerprint density at radius 2 is 2.00 bits per heavy atom. The third-order valence-corrected chi connectivity index (χ3v) is 3.80. The summed E-state index contributed by atoms with van der Waals surface area (Å²) in [5, 5.41) is 10.0. The number of alkyl halides is 3. The van der Waals surface area contributed by atoms with Crippen molar-refractivity contribution >= 4 is 29.2 Å². The van der Waals surface area contributed by atoms with Crippen molar-refractivity contribution in [3.63, 3.8) is 0 Å². The number of nitrogens with one attached hydrogen (secondary N) is 1. The van der Waals surface area contributed by atoms with Crippen molar-refractivity contribution < 1.29 is 13.2 Å². The summed E-state index contributed by atoms with van der Waals surface area (Å²) in [6, 6.07) is 5.85. The number of nitrogens with zero attached hydrogens (tertiary/aromatic N) is 3. The molecule has 0 saturated carbocycles. The predicted molar refractivity (Wildman–Crippen MR) is 80.9 cm³/mol. The van der Waals surface area contributed by atoms with Gasteiger partial charge < -0.3 is 5.32 Å². The maximum atomic E-state index is 12.3. The van der Waals surface area contributed by atoms with Gasteiger partial charge in [0.2, 0.25) is 0 Å². The van der Waals surface area contributed by atoms with Gasteiger partial charge in [0.15, 0.2) is 5.69 Å². The van der Waals surface area contributed by atoms with Gasteiger partial charge in [-0.05, 0) is 29.8 Å². The van der Waals surface area contributed by atoms with Crippen LogP contribution in [0.4, 0.5) is 19.0 Å². The van der Waals surface area contributed by atoms with E-state index in [1.165, 1.54) is 6.07 Å². The van der Waals surface area contributed by atoms with Crippen LogP contribution in [0.1, 0.15) is 11.3 Å². The number of halogens is 4. The minimum Gasteiger partial charge on any atom is -0.368 e. The largest absolute Gasteiger partial charge is 0.435 e. The first-order valence-corrected chi connectivity index (χ1v) is 7.81. The normalized spacial score (nSPS) is 11.5. The molecule has 0 aromatic carbocycles. The number of hydrogen-bond donors (Lipinski definition) is 1. The molecule has 0 spiro atoms. The van der Waals surface area contributed by atoms with Crippen LogP contribution in [0.5, 0.6) is 0 Å².